The number of ether oxygens (including phenoxy) is 1. The molecule has 1 rings (SSSR count). The van der Waals surface area contributed by atoms with E-state index in [1.807, 2.05) is 6.07 Å². The second-order valence-electron chi connectivity index (χ2n) is 3.12. The minimum atomic E-state index is 0.188. The molecule has 0 aliphatic rings. The first-order valence-corrected chi connectivity index (χ1v) is 5.09. The third kappa shape index (κ3) is 3.51. The van der Waals surface area contributed by atoms with Gasteiger partial charge in [-0.05, 0) is 12.1 Å². The van der Waals surface area contributed by atoms with Crippen LogP contribution in [0, 0.1) is 0 Å². The fourth-order valence-corrected chi connectivity index (χ4v) is 1.35. The molecule has 0 bridgehead atoms. The van der Waals surface area contributed by atoms with Gasteiger partial charge in [0.1, 0.15) is 11.6 Å². The standard InChI is InChI=1S/C10H14ClN3O2/c1-16-9-6-7(2-3-8(9)11)13-5-4-10(12)14-15/h2-3,6,13,15H,4-5H2,1H3,(H2,12,14). The number of nitrogens with two attached hydrogens (primary N) is 1. The molecule has 0 saturated carbocycles. The Balaban J connectivity index is 2.54. The van der Waals surface area contributed by atoms with Crippen molar-refractivity contribution < 1.29 is 9.94 Å². The molecule has 0 radical (unpaired) electrons. The van der Waals surface area contributed by atoms with Crippen molar-refractivity contribution in [2.75, 3.05) is 19.0 Å². The fourth-order valence-electron chi connectivity index (χ4n) is 1.15. The SMILES string of the molecule is COc1cc(NCC/C(N)=N/O)ccc1Cl. The Morgan fingerprint density at radius 1 is 1.62 bits per heavy atom. The van der Waals surface area contributed by atoms with Gasteiger partial charge in [0.2, 0.25) is 0 Å². The summed E-state index contributed by atoms with van der Waals surface area (Å²) >= 11 is 5.88. The fraction of sp³-hybridized carbons (Fsp3) is 0.300. The molecule has 4 N–H and O–H groups in total. The topological polar surface area (TPSA) is 79.9 Å². The van der Waals surface area contributed by atoms with Crippen LogP contribution in [0.25, 0.3) is 0 Å². The Morgan fingerprint density at radius 3 is 3.00 bits per heavy atom. The van der Waals surface area contributed by atoms with Crippen LogP contribution in [0.1, 0.15) is 6.42 Å². The molecular weight excluding hydrogens is 230 g/mol. The van der Waals surface area contributed by atoms with Gasteiger partial charge in [-0.25, -0.2) is 0 Å². The molecule has 88 valence electrons. The highest BCUT2D eigenvalue weighted by molar-refractivity contribution is 6.32. The van der Waals surface area contributed by atoms with Crippen molar-refractivity contribution in [3.8, 4) is 5.75 Å². The monoisotopic (exact) mass is 243 g/mol. The number of methoxy groups -OCH3 is 1. The molecule has 0 unspecified atom stereocenters. The molecule has 0 aliphatic carbocycles. The third-order valence-corrected chi connectivity index (χ3v) is 2.30. The van der Waals surface area contributed by atoms with Crippen molar-refractivity contribution in [2.45, 2.75) is 6.42 Å². The smallest absolute Gasteiger partial charge is 0.140 e. The predicted octanol–water partition coefficient (Wildman–Crippen LogP) is 1.90. The van der Waals surface area contributed by atoms with Crippen LogP contribution >= 0.6 is 11.6 Å². The third-order valence-electron chi connectivity index (χ3n) is 1.99. The lowest BCUT2D eigenvalue weighted by Gasteiger charge is -2.08. The molecule has 0 spiro atoms. The number of hydrogen-bond donors (Lipinski definition) is 3. The van der Waals surface area contributed by atoms with Crippen LogP contribution in [-0.4, -0.2) is 24.7 Å². The highest BCUT2D eigenvalue weighted by Gasteiger charge is 2.01. The van der Waals surface area contributed by atoms with Crippen LogP contribution in [0.15, 0.2) is 23.4 Å². The number of halogens is 1. The zero-order valence-corrected chi connectivity index (χ0v) is 9.66. The second-order valence-corrected chi connectivity index (χ2v) is 3.52. The summed E-state index contributed by atoms with van der Waals surface area (Å²) in [5.74, 6) is 0.795. The minimum Gasteiger partial charge on any atom is -0.495 e. The minimum absolute atomic E-state index is 0.188. The maximum Gasteiger partial charge on any atom is 0.140 e. The molecule has 0 fully saturated rings. The number of amidine groups is 1. The zero-order valence-electron chi connectivity index (χ0n) is 8.90. The summed E-state index contributed by atoms with van der Waals surface area (Å²) in [6, 6.07) is 5.36. The first-order valence-electron chi connectivity index (χ1n) is 4.71. The first-order chi connectivity index (χ1) is 7.67. The van der Waals surface area contributed by atoms with Crippen LogP contribution in [0.2, 0.25) is 5.02 Å². The second kappa shape index (κ2) is 6.07. The molecule has 16 heavy (non-hydrogen) atoms. The molecule has 0 saturated heterocycles. The van der Waals surface area contributed by atoms with Crippen LogP contribution in [0.4, 0.5) is 5.69 Å². The van der Waals surface area contributed by atoms with Gasteiger partial charge < -0.3 is 21.0 Å². The maximum atomic E-state index is 8.35. The Hall–Kier alpha value is -1.62. The molecule has 5 nitrogen and oxygen atoms in total. The van der Waals surface area contributed by atoms with Crippen molar-refractivity contribution in [1.29, 1.82) is 0 Å². The number of anilines is 1. The van der Waals surface area contributed by atoms with Crippen molar-refractivity contribution in [3.05, 3.63) is 23.2 Å². The number of rotatable bonds is 5. The van der Waals surface area contributed by atoms with E-state index in [4.69, 9.17) is 27.3 Å². The van der Waals surface area contributed by atoms with Crippen molar-refractivity contribution in [1.82, 2.24) is 0 Å². The van der Waals surface area contributed by atoms with E-state index in [1.165, 1.54) is 0 Å². The summed E-state index contributed by atoms with van der Waals surface area (Å²) in [6.45, 7) is 0.570. The van der Waals surface area contributed by atoms with Gasteiger partial charge >= 0.3 is 0 Å². The van der Waals surface area contributed by atoms with Gasteiger partial charge in [0.25, 0.3) is 0 Å². The molecule has 0 amide bonds. The lowest BCUT2D eigenvalue weighted by atomic mass is 10.3. The highest BCUT2D eigenvalue weighted by Crippen LogP contribution is 2.27. The Morgan fingerprint density at radius 2 is 2.38 bits per heavy atom. The molecule has 0 atom stereocenters. The summed E-state index contributed by atoms with van der Waals surface area (Å²) in [5.41, 5.74) is 6.20. The van der Waals surface area contributed by atoms with E-state index in [0.29, 0.717) is 23.7 Å². The number of nitrogens with zero attached hydrogens (tertiary/aromatic N) is 1. The van der Waals surface area contributed by atoms with E-state index in [1.54, 1.807) is 19.2 Å². The summed E-state index contributed by atoms with van der Waals surface area (Å²) in [7, 11) is 1.56. The van der Waals surface area contributed by atoms with Gasteiger partial charge in [-0.15, -0.1) is 0 Å². The zero-order chi connectivity index (χ0) is 12.0. The van der Waals surface area contributed by atoms with Gasteiger partial charge in [-0.3, -0.25) is 0 Å². The number of hydrogen-bond acceptors (Lipinski definition) is 4. The van der Waals surface area contributed by atoms with E-state index in [9.17, 15) is 0 Å². The van der Waals surface area contributed by atoms with Crippen LogP contribution in [0.5, 0.6) is 5.75 Å². The normalized spacial score (nSPS) is 11.2. The molecule has 6 heteroatoms. The quantitative estimate of drug-likeness (QED) is 0.319. The molecular formula is C10H14ClN3O2. The average Bonchev–Trinajstić information content (AvgIpc) is 2.31. The Labute approximate surface area is 98.8 Å². The van der Waals surface area contributed by atoms with Crippen molar-refractivity contribution in [3.63, 3.8) is 0 Å². The number of benzene rings is 1. The molecule has 0 aliphatic heterocycles. The molecule has 0 heterocycles. The van der Waals surface area contributed by atoms with Gasteiger partial charge in [0.15, 0.2) is 0 Å². The highest BCUT2D eigenvalue weighted by atomic mass is 35.5. The largest absolute Gasteiger partial charge is 0.495 e. The number of nitrogens with one attached hydrogen (secondary N) is 1. The molecule has 1 aromatic carbocycles. The van der Waals surface area contributed by atoms with E-state index >= 15 is 0 Å². The van der Waals surface area contributed by atoms with E-state index < -0.39 is 0 Å². The summed E-state index contributed by atoms with van der Waals surface area (Å²) in [5, 5.41) is 14.9. The van der Waals surface area contributed by atoms with E-state index in [0.717, 1.165) is 5.69 Å². The molecule has 1 aromatic rings. The van der Waals surface area contributed by atoms with Crippen LogP contribution < -0.4 is 15.8 Å². The summed E-state index contributed by atoms with van der Waals surface area (Å²) in [6.07, 6.45) is 0.460. The predicted molar refractivity (Wildman–Crippen MR) is 64.5 cm³/mol. The molecule has 0 aromatic heterocycles. The first kappa shape index (κ1) is 12.4. The Kier molecular flexibility index (Phi) is 4.72. The van der Waals surface area contributed by atoms with E-state index in [-0.39, 0.29) is 5.84 Å². The van der Waals surface area contributed by atoms with Gasteiger partial charge in [-0.2, -0.15) is 0 Å². The van der Waals surface area contributed by atoms with Gasteiger partial charge in [-0.1, -0.05) is 16.8 Å². The average molecular weight is 244 g/mol. The maximum absolute atomic E-state index is 8.35. The van der Waals surface area contributed by atoms with Gasteiger partial charge in [0, 0.05) is 24.7 Å². The summed E-state index contributed by atoms with van der Waals surface area (Å²) in [4.78, 5) is 0. The number of oxime groups is 1. The lowest BCUT2D eigenvalue weighted by Crippen LogP contribution is -2.16. The van der Waals surface area contributed by atoms with Crippen LogP contribution in [-0.2, 0) is 0 Å². The summed E-state index contributed by atoms with van der Waals surface area (Å²) < 4.78 is 5.07. The van der Waals surface area contributed by atoms with Crippen LogP contribution in [0.3, 0.4) is 0 Å². The van der Waals surface area contributed by atoms with Crippen molar-refractivity contribution in [2.24, 2.45) is 10.9 Å². The van der Waals surface area contributed by atoms with Crippen molar-refractivity contribution >= 4 is 23.1 Å². The van der Waals surface area contributed by atoms with E-state index in [2.05, 4.69) is 10.5 Å². The Bertz CT molecular complexity index is 382. The van der Waals surface area contributed by atoms with Gasteiger partial charge in [0.05, 0.1) is 12.1 Å². The lowest BCUT2D eigenvalue weighted by molar-refractivity contribution is 0.317.